The zero-order valence-electron chi connectivity index (χ0n) is 9.06. The van der Waals surface area contributed by atoms with Crippen molar-refractivity contribution in [3.8, 4) is 0 Å². The second kappa shape index (κ2) is 4.86. The molecule has 0 aromatic carbocycles. The van der Waals surface area contributed by atoms with E-state index in [0.29, 0.717) is 11.8 Å². The number of rotatable bonds is 5. The van der Waals surface area contributed by atoms with Gasteiger partial charge in [-0.25, -0.2) is 0 Å². The van der Waals surface area contributed by atoms with Gasteiger partial charge < -0.3 is 5.73 Å². The molecule has 0 unspecified atom stereocenters. The highest BCUT2D eigenvalue weighted by atomic mass is 14.7. The summed E-state index contributed by atoms with van der Waals surface area (Å²) in [6.07, 6.45) is 3.03. The van der Waals surface area contributed by atoms with Crippen molar-refractivity contribution < 1.29 is 0 Å². The van der Waals surface area contributed by atoms with Gasteiger partial charge in [-0.2, -0.15) is 0 Å². The highest BCUT2D eigenvalue weighted by Crippen LogP contribution is 2.24. The Balaban J connectivity index is 4.04. The lowest BCUT2D eigenvalue weighted by molar-refractivity contribution is 0.285. The van der Waals surface area contributed by atoms with E-state index in [4.69, 9.17) is 5.73 Å². The summed E-state index contributed by atoms with van der Waals surface area (Å²) in [5, 5.41) is 0. The third-order valence-corrected chi connectivity index (χ3v) is 2.13. The lowest BCUT2D eigenvalue weighted by Gasteiger charge is -2.31. The fourth-order valence-electron chi connectivity index (χ4n) is 1.91. The normalized spacial score (nSPS) is 13.0. The molecule has 0 aliphatic heterocycles. The van der Waals surface area contributed by atoms with E-state index < -0.39 is 0 Å². The maximum Gasteiger partial charge on any atom is 0.0159 e. The maximum absolute atomic E-state index is 6.24. The van der Waals surface area contributed by atoms with Crippen molar-refractivity contribution in [3.05, 3.63) is 6.92 Å². The second-order valence-corrected chi connectivity index (χ2v) is 4.81. The van der Waals surface area contributed by atoms with E-state index in [1.54, 1.807) is 0 Å². The maximum atomic E-state index is 6.24. The minimum absolute atomic E-state index is 0.0255. The number of nitrogens with two attached hydrogens (primary N) is 1. The molecule has 0 bridgehead atoms. The molecule has 0 atom stereocenters. The molecule has 0 heterocycles. The van der Waals surface area contributed by atoms with Crippen LogP contribution >= 0.6 is 0 Å². The zero-order chi connectivity index (χ0) is 9.78. The van der Waals surface area contributed by atoms with Crippen LogP contribution in [-0.4, -0.2) is 5.54 Å². The molecular formula is C11H24N. The van der Waals surface area contributed by atoms with Crippen molar-refractivity contribution in [3.63, 3.8) is 0 Å². The van der Waals surface area contributed by atoms with Gasteiger partial charge in [-0.1, -0.05) is 34.6 Å². The molecule has 0 aliphatic carbocycles. The molecule has 0 amide bonds. The molecule has 0 saturated heterocycles. The Labute approximate surface area is 77.7 Å². The summed E-state index contributed by atoms with van der Waals surface area (Å²) in [5.41, 5.74) is 6.21. The molecule has 0 aliphatic rings. The zero-order valence-corrected chi connectivity index (χ0v) is 9.06. The highest BCUT2D eigenvalue weighted by Gasteiger charge is 2.24. The number of hydrogen-bond donors (Lipinski definition) is 1. The molecule has 0 aromatic rings. The lowest BCUT2D eigenvalue weighted by atomic mass is 9.81. The molecule has 73 valence electrons. The van der Waals surface area contributed by atoms with Crippen LogP contribution in [0.2, 0.25) is 0 Å². The van der Waals surface area contributed by atoms with Gasteiger partial charge >= 0.3 is 0 Å². The molecule has 0 saturated carbocycles. The predicted octanol–water partition coefficient (Wildman–Crippen LogP) is 3.00. The summed E-state index contributed by atoms with van der Waals surface area (Å²) < 4.78 is 0. The summed E-state index contributed by atoms with van der Waals surface area (Å²) in [6, 6.07) is 0. The summed E-state index contributed by atoms with van der Waals surface area (Å²) >= 11 is 0. The van der Waals surface area contributed by atoms with Crippen molar-refractivity contribution >= 4 is 0 Å². The first kappa shape index (κ1) is 12.0. The van der Waals surface area contributed by atoms with E-state index in [0.717, 1.165) is 19.3 Å². The third kappa shape index (κ3) is 4.76. The fraction of sp³-hybridized carbons (Fsp3) is 0.909. The van der Waals surface area contributed by atoms with Crippen LogP contribution in [0, 0.1) is 18.8 Å². The van der Waals surface area contributed by atoms with Crippen LogP contribution in [0.15, 0.2) is 0 Å². The molecule has 0 spiro atoms. The SMILES string of the molecule is [CH2]CC(N)(CC(C)C)CC(C)C. The van der Waals surface area contributed by atoms with E-state index in [1.807, 2.05) is 0 Å². The van der Waals surface area contributed by atoms with E-state index in [2.05, 4.69) is 34.6 Å². The van der Waals surface area contributed by atoms with E-state index in [9.17, 15) is 0 Å². The molecule has 1 radical (unpaired) electrons. The van der Waals surface area contributed by atoms with E-state index in [-0.39, 0.29) is 5.54 Å². The van der Waals surface area contributed by atoms with Crippen molar-refractivity contribution in [1.82, 2.24) is 0 Å². The molecule has 1 nitrogen and oxygen atoms in total. The Hall–Kier alpha value is -0.0400. The standard InChI is InChI=1S/C11H24N/c1-6-11(12,7-9(2)3)8-10(4)5/h9-10H,1,6-8,12H2,2-5H3. The van der Waals surface area contributed by atoms with Crippen molar-refractivity contribution in [2.24, 2.45) is 17.6 Å². The van der Waals surface area contributed by atoms with Crippen LogP contribution < -0.4 is 5.73 Å². The molecule has 12 heavy (non-hydrogen) atoms. The van der Waals surface area contributed by atoms with Crippen LogP contribution in [0.25, 0.3) is 0 Å². The van der Waals surface area contributed by atoms with Gasteiger partial charge in [-0.15, -0.1) is 0 Å². The smallest absolute Gasteiger partial charge is 0.0159 e. The Bertz CT molecular complexity index is 106. The van der Waals surface area contributed by atoms with E-state index >= 15 is 0 Å². The molecule has 0 rings (SSSR count). The Morgan fingerprint density at radius 2 is 1.42 bits per heavy atom. The van der Waals surface area contributed by atoms with E-state index in [1.165, 1.54) is 0 Å². The Kier molecular flexibility index (Phi) is 4.84. The molecule has 2 N–H and O–H groups in total. The predicted molar refractivity (Wildman–Crippen MR) is 55.8 cm³/mol. The summed E-state index contributed by atoms with van der Waals surface area (Å²) in [4.78, 5) is 0. The molecule has 0 aromatic heterocycles. The second-order valence-electron chi connectivity index (χ2n) is 4.81. The van der Waals surface area contributed by atoms with Crippen LogP contribution in [0.3, 0.4) is 0 Å². The summed E-state index contributed by atoms with van der Waals surface area (Å²) in [6.45, 7) is 12.8. The molecule has 0 fully saturated rings. The van der Waals surface area contributed by atoms with Gasteiger partial charge in [0.25, 0.3) is 0 Å². The fourth-order valence-corrected chi connectivity index (χ4v) is 1.91. The van der Waals surface area contributed by atoms with Crippen LogP contribution in [0.4, 0.5) is 0 Å². The third-order valence-electron chi connectivity index (χ3n) is 2.13. The van der Waals surface area contributed by atoms with Crippen LogP contribution in [-0.2, 0) is 0 Å². The topological polar surface area (TPSA) is 26.0 Å². The van der Waals surface area contributed by atoms with Gasteiger partial charge in [0, 0.05) is 5.54 Å². The summed E-state index contributed by atoms with van der Waals surface area (Å²) in [7, 11) is 0. The van der Waals surface area contributed by atoms with Gasteiger partial charge in [0.2, 0.25) is 0 Å². The van der Waals surface area contributed by atoms with Gasteiger partial charge in [0.15, 0.2) is 0 Å². The Morgan fingerprint density at radius 1 is 1.08 bits per heavy atom. The minimum Gasteiger partial charge on any atom is -0.325 e. The summed E-state index contributed by atoms with van der Waals surface area (Å²) in [5.74, 6) is 1.35. The van der Waals surface area contributed by atoms with Crippen LogP contribution in [0.5, 0.6) is 0 Å². The van der Waals surface area contributed by atoms with Crippen molar-refractivity contribution in [1.29, 1.82) is 0 Å². The Morgan fingerprint density at radius 3 is 1.58 bits per heavy atom. The quantitative estimate of drug-likeness (QED) is 0.674. The lowest BCUT2D eigenvalue weighted by Crippen LogP contribution is -2.41. The first-order valence-electron chi connectivity index (χ1n) is 4.98. The van der Waals surface area contributed by atoms with Gasteiger partial charge in [-0.05, 0) is 31.1 Å². The van der Waals surface area contributed by atoms with Gasteiger partial charge in [0.05, 0.1) is 0 Å². The van der Waals surface area contributed by atoms with Crippen LogP contribution in [0.1, 0.15) is 47.0 Å². The van der Waals surface area contributed by atoms with Crippen molar-refractivity contribution in [2.45, 2.75) is 52.5 Å². The first-order chi connectivity index (χ1) is 5.39. The monoisotopic (exact) mass is 170 g/mol. The minimum atomic E-state index is -0.0255. The van der Waals surface area contributed by atoms with Gasteiger partial charge in [-0.3, -0.25) is 0 Å². The number of hydrogen-bond acceptors (Lipinski definition) is 1. The average Bonchev–Trinajstić information content (AvgIpc) is 1.83. The largest absolute Gasteiger partial charge is 0.325 e. The molecule has 1 heteroatoms. The van der Waals surface area contributed by atoms with Gasteiger partial charge in [0.1, 0.15) is 0 Å². The molecular weight excluding hydrogens is 146 g/mol. The van der Waals surface area contributed by atoms with Crippen molar-refractivity contribution in [2.75, 3.05) is 0 Å². The highest BCUT2D eigenvalue weighted by molar-refractivity contribution is 4.86. The average molecular weight is 170 g/mol. The first-order valence-corrected chi connectivity index (χ1v) is 4.98.